The van der Waals surface area contributed by atoms with Crippen LogP contribution in [0, 0.1) is 10.1 Å². The summed E-state index contributed by atoms with van der Waals surface area (Å²) < 4.78 is 0. The summed E-state index contributed by atoms with van der Waals surface area (Å²) in [6.45, 7) is 3.43. The summed E-state index contributed by atoms with van der Waals surface area (Å²) in [6, 6.07) is 6.64. The molecule has 1 aliphatic rings. The van der Waals surface area contributed by atoms with Gasteiger partial charge >= 0.3 is 0 Å². The van der Waals surface area contributed by atoms with Gasteiger partial charge in [-0.1, -0.05) is 11.6 Å². The molecule has 1 saturated heterocycles. The van der Waals surface area contributed by atoms with Gasteiger partial charge in [-0.25, -0.2) is 4.98 Å². The first kappa shape index (κ1) is 18.3. The second-order valence-electron chi connectivity index (χ2n) is 6.58. The summed E-state index contributed by atoms with van der Waals surface area (Å²) >= 11 is 5.87. The topological polar surface area (TPSA) is 108 Å². The van der Waals surface area contributed by atoms with Gasteiger partial charge in [-0.15, -0.1) is 0 Å². The number of rotatable bonds is 4. The Balaban J connectivity index is 1.54. The number of nitrogens with zero attached hydrogens (tertiary/aromatic N) is 5. The van der Waals surface area contributed by atoms with Crippen LogP contribution in [0.3, 0.4) is 0 Å². The number of benzene rings is 1. The van der Waals surface area contributed by atoms with Gasteiger partial charge in [0.15, 0.2) is 0 Å². The molecule has 0 saturated carbocycles. The molecule has 1 aliphatic heterocycles. The molecular weight excluding hydrogens is 384 g/mol. The van der Waals surface area contributed by atoms with E-state index in [-0.39, 0.29) is 16.6 Å². The van der Waals surface area contributed by atoms with Crippen molar-refractivity contribution in [1.82, 2.24) is 19.9 Å². The summed E-state index contributed by atoms with van der Waals surface area (Å²) in [6.07, 6.45) is 2.93. The third-order valence-corrected chi connectivity index (χ3v) is 5.04. The lowest BCUT2D eigenvalue weighted by Gasteiger charge is -2.35. The molecule has 4 rings (SSSR count). The quantitative estimate of drug-likeness (QED) is 0.528. The van der Waals surface area contributed by atoms with E-state index in [1.165, 1.54) is 12.4 Å². The number of aromatic nitrogens is 3. The van der Waals surface area contributed by atoms with Crippen molar-refractivity contribution in [3.05, 3.63) is 68.0 Å². The summed E-state index contributed by atoms with van der Waals surface area (Å²) in [4.78, 5) is 38.1. The van der Waals surface area contributed by atoms with E-state index in [1.807, 2.05) is 17.0 Å². The molecule has 28 heavy (non-hydrogen) atoms. The second kappa shape index (κ2) is 7.53. The van der Waals surface area contributed by atoms with E-state index in [0.717, 1.165) is 18.8 Å². The molecule has 3 aromatic rings. The average Bonchev–Trinajstić information content (AvgIpc) is 2.70. The van der Waals surface area contributed by atoms with E-state index < -0.39 is 4.92 Å². The maximum atomic E-state index is 11.9. The molecule has 1 fully saturated rings. The summed E-state index contributed by atoms with van der Waals surface area (Å²) in [5.41, 5.74) is 1.38. The molecular formula is C18H17ClN6O3. The number of hydrogen-bond acceptors (Lipinski definition) is 7. The molecule has 0 atom stereocenters. The average molecular weight is 401 g/mol. The molecule has 0 aliphatic carbocycles. The predicted octanol–water partition coefficient (Wildman–Crippen LogP) is 2.20. The van der Waals surface area contributed by atoms with Crippen LogP contribution in [0.5, 0.6) is 0 Å². The predicted molar refractivity (Wildman–Crippen MR) is 106 cm³/mol. The standard InChI is InChI=1S/C18H17ClN6O3/c19-12-1-2-13(20-9-12)10-23-3-5-24(6-4-23)16-8-15-14(7-17(16)25(27)28)18(26)22-11-21-15/h1-2,7-9,11H,3-6,10H2,(H,21,22,26). The van der Waals surface area contributed by atoms with Crippen molar-refractivity contribution in [3.8, 4) is 0 Å². The molecule has 9 nitrogen and oxygen atoms in total. The molecule has 10 heteroatoms. The van der Waals surface area contributed by atoms with Gasteiger partial charge < -0.3 is 9.88 Å². The van der Waals surface area contributed by atoms with E-state index >= 15 is 0 Å². The highest BCUT2D eigenvalue weighted by molar-refractivity contribution is 6.30. The Bertz CT molecular complexity index is 1080. The maximum Gasteiger partial charge on any atom is 0.293 e. The normalized spacial score (nSPS) is 15.1. The van der Waals surface area contributed by atoms with Crippen LogP contribution in [0.4, 0.5) is 11.4 Å². The molecule has 1 N–H and O–H groups in total. The van der Waals surface area contributed by atoms with Crippen molar-refractivity contribution in [2.75, 3.05) is 31.1 Å². The Morgan fingerprint density at radius 3 is 2.64 bits per heavy atom. The number of aromatic amines is 1. The fourth-order valence-electron chi connectivity index (χ4n) is 3.37. The van der Waals surface area contributed by atoms with Crippen LogP contribution in [0.15, 0.2) is 41.6 Å². The Morgan fingerprint density at radius 2 is 1.96 bits per heavy atom. The number of halogens is 1. The largest absolute Gasteiger partial charge is 0.363 e. The van der Waals surface area contributed by atoms with Gasteiger partial charge in [0.2, 0.25) is 0 Å². The van der Waals surface area contributed by atoms with E-state index in [4.69, 9.17) is 11.6 Å². The third kappa shape index (κ3) is 3.67. The lowest BCUT2D eigenvalue weighted by molar-refractivity contribution is -0.384. The molecule has 0 radical (unpaired) electrons. The van der Waals surface area contributed by atoms with Crippen LogP contribution in [-0.4, -0.2) is 51.0 Å². The molecule has 0 bridgehead atoms. The fourth-order valence-corrected chi connectivity index (χ4v) is 3.48. The van der Waals surface area contributed by atoms with E-state index in [9.17, 15) is 14.9 Å². The first-order valence-electron chi connectivity index (χ1n) is 8.75. The summed E-state index contributed by atoms with van der Waals surface area (Å²) in [5.74, 6) is 0. The molecule has 0 spiro atoms. The number of nitro benzene ring substituents is 1. The molecule has 2 aromatic heterocycles. The SMILES string of the molecule is O=c1[nH]cnc2cc(N3CCN(Cc4ccc(Cl)cn4)CC3)c([N+](=O)[O-])cc12. The number of nitrogens with one attached hydrogen (secondary N) is 1. The Morgan fingerprint density at radius 1 is 1.18 bits per heavy atom. The van der Waals surface area contributed by atoms with Gasteiger partial charge in [0, 0.05) is 45.0 Å². The minimum absolute atomic E-state index is 0.0844. The van der Waals surface area contributed by atoms with Crippen LogP contribution in [0.25, 0.3) is 10.9 Å². The molecule has 144 valence electrons. The van der Waals surface area contributed by atoms with E-state index in [2.05, 4.69) is 19.9 Å². The zero-order chi connectivity index (χ0) is 19.7. The van der Waals surface area contributed by atoms with Gasteiger partial charge in [-0.3, -0.25) is 24.8 Å². The maximum absolute atomic E-state index is 11.9. The van der Waals surface area contributed by atoms with Crippen LogP contribution in [0.2, 0.25) is 5.02 Å². The van der Waals surface area contributed by atoms with Gasteiger partial charge in [0.25, 0.3) is 11.2 Å². The first-order chi connectivity index (χ1) is 13.5. The molecule has 1 aromatic carbocycles. The van der Waals surface area contributed by atoms with Crippen LogP contribution in [0.1, 0.15) is 5.69 Å². The van der Waals surface area contributed by atoms with Crippen molar-refractivity contribution in [2.24, 2.45) is 0 Å². The summed E-state index contributed by atoms with van der Waals surface area (Å²) in [5, 5.41) is 12.4. The van der Waals surface area contributed by atoms with E-state index in [0.29, 0.717) is 35.9 Å². The van der Waals surface area contributed by atoms with Crippen LogP contribution < -0.4 is 10.5 Å². The van der Waals surface area contributed by atoms with Crippen LogP contribution in [-0.2, 0) is 6.54 Å². The number of H-pyrrole nitrogens is 1. The van der Waals surface area contributed by atoms with Crippen molar-refractivity contribution >= 4 is 33.9 Å². The number of pyridine rings is 1. The number of piperazine rings is 1. The fraction of sp³-hybridized carbons (Fsp3) is 0.278. The summed E-state index contributed by atoms with van der Waals surface area (Å²) in [7, 11) is 0. The van der Waals surface area contributed by atoms with Gasteiger partial charge in [-0.05, 0) is 18.2 Å². The van der Waals surface area contributed by atoms with Crippen molar-refractivity contribution in [3.63, 3.8) is 0 Å². The zero-order valence-electron chi connectivity index (χ0n) is 14.8. The van der Waals surface area contributed by atoms with Crippen molar-refractivity contribution in [1.29, 1.82) is 0 Å². The minimum Gasteiger partial charge on any atom is -0.363 e. The van der Waals surface area contributed by atoms with Gasteiger partial charge in [0.1, 0.15) is 5.69 Å². The minimum atomic E-state index is -0.453. The van der Waals surface area contributed by atoms with Crippen molar-refractivity contribution < 1.29 is 4.92 Å². The smallest absolute Gasteiger partial charge is 0.293 e. The number of fused-ring (bicyclic) bond motifs is 1. The Kier molecular flexibility index (Phi) is 4.93. The zero-order valence-corrected chi connectivity index (χ0v) is 15.6. The number of hydrogen-bond donors (Lipinski definition) is 1. The van der Waals surface area contributed by atoms with Crippen LogP contribution >= 0.6 is 11.6 Å². The second-order valence-corrected chi connectivity index (χ2v) is 7.01. The highest BCUT2D eigenvalue weighted by Gasteiger charge is 2.25. The highest BCUT2D eigenvalue weighted by atomic mass is 35.5. The molecule has 0 amide bonds. The Labute approximate surface area is 164 Å². The number of nitro groups is 1. The molecule has 3 heterocycles. The van der Waals surface area contributed by atoms with Gasteiger partial charge in [-0.2, -0.15) is 0 Å². The number of anilines is 1. The molecule has 0 unspecified atom stereocenters. The highest BCUT2D eigenvalue weighted by Crippen LogP contribution is 2.32. The lowest BCUT2D eigenvalue weighted by Crippen LogP contribution is -2.46. The first-order valence-corrected chi connectivity index (χ1v) is 9.12. The monoisotopic (exact) mass is 400 g/mol. The third-order valence-electron chi connectivity index (χ3n) is 4.82. The van der Waals surface area contributed by atoms with Gasteiger partial charge in [0.05, 0.1) is 32.9 Å². The van der Waals surface area contributed by atoms with E-state index in [1.54, 1.807) is 12.3 Å². The Hall–Kier alpha value is -3.04. The van der Waals surface area contributed by atoms with Crippen molar-refractivity contribution in [2.45, 2.75) is 6.54 Å². The lowest BCUT2D eigenvalue weighted by atomic mass is 10.1.